The van der Waals surface area contributed by atoms with E-state index in [1.54, 1.807) is 30.5 Å². The van der Waals surface area contributed by atoms with Gasteiger partial charge in [-0.2, -0.15) is 4.57 Å². The van der Waals surface area contributed by atoms with Gasteiger partial charge in [-0.15, -0.1) is 21.9 Å². The van der Waals surface area contributed by atoms with Crippen LogP contribution in [0.3, 0.4) is 0 Å². The van der Waals surface area contributed by atoms with Gasteiger partial charge in [0.25, 0.3) is 5.88 Å². The molecule has 0 aliphatic heterocycles. The summed E-state index contributed by atoms with van der Waals surface area (Å²) in [6.07, 6.45) is -1.76. The molecule has 4 nitrogen and oxygen atoms in total. The van der Waals surface area contributed by atoms with Crippen LogP contribution in [0.4, 0.5) is 87.8 Å². The number of aromatic nitrogens is 2. The summed E-state index contributed by atoms with van der Waals surface area (Å²) in [5.74, 6) is -70.0. The van der Waals surface area contributed by atoms with E-state index < -0.39 is 144 Å². The Hall–Kier alpha value is -7.34. The van der Waals surface area contributed by atoms with E-state index in [1.807, 2.05) is 35.2 Å². The van der Waals surface area contributed by atoms with Crippen LogP contribution >= 0.6 is 0 Å². The molecule has 7 aromatic rings. The fraction of sp³-hybridized carbons (Fsp3) is 0.0244. The van der Waals surface area contributed by atoms with Crippen molar-refractivity contribution in [1.29, 1.82) is 0 Å². The lowest BCUT2D eigenvalue weighted by Crippen LogP contribution is -2.81. The highest BCUT2D eigenvalue weighted by molar-refractivity contribution is 7.20. The highest BCUT2D eigenvalue weighted by Crippen LogP contribution is 2.31. The van der Waals surface area contributed by atoms with Gasteiger partial charge in [-0.05, 0) is 24.3 Å². The first-order valence-corrected chi connectivity index (χ1v) is 17.6. The zero-order valence-corrected chi connectivity index (χ0v) is 31.5. The third-order valence-electron chi connectivity index (χ3n) is 9.71. The molecule has 0 amide bonds. The largest absolute Gasteiger partial charge is 0.508 e. The summed E-state index contributed by atoms with van der Waals surface area (Å²) >= 11 is 0. The molecule has 0 aliphatic carbocycles. The van der Waals surface area contributed by atoms with Gasteiger partial charge in [0.05, 0.1) is 6.20 Å². The third kappa shape index (κ3) is 7.94. The fourth-order valence-corrected chi connectivity index (χ4v) is 6.87. The van der Waals surface area contributed by atoms with Crippen molar-refractivity contribution in [3.63, 3.8) is 0 Å². The van der Waals surface area contributed by atoms with Gasteiger partial charge in [0.1, 0.15) is 64.2 Å². The number of rotatable bonds is 8. The van der Waals surface area contributed by atoms with Crippen LogP contribution in [-0.4, -0.2) is 16.2 Å². The molecular weight excluding hydrogens is 943 g/mol. The number of aromatic hydroxyl groups is 1. The molecule has 6 aromatic carbocycles. The van der Waals surface area contributed by atoms with Gasteiger partial charge >= 0.3 is 0 Å². The van der Waals surface area contributed by atoms with Crippen molar-refractivity contribution in [2.45, 2.75) is 6.54 Å². The van der Waals surface area contributed by atoms with Crippen LogP contribution in [0.5, 0.6) is 17.4 Å². The summed E-state index contributed by atoms with van der Waals surface area (Å²) in [5.41, 5.74) is -13.1. The van der Waals surface area contributed by atoms with Crippen molar-refractivity contribution in [1.82, 2.24) is 4.98 Å². The van der Waals surface area contributed by atoms with Crippen LogP contribution in [0.25, 0.3) is 0 Å². The topological polar surface area (TPSA) is 46.2 Å². The maximum Gasteiger partial charge on any atom is 0.285 e. The predicted molar refractivity (Wildman–Crippen MR) is 187 cm³/mol. The van der Waals surface area contributed by atoms with Crippen molar-refractivity contribution in [2.24, 2.45) is 0 Å². The van der Waals surface area contributed by atoms with Crippen molar-refractivity contribution >= 4 is 28.0 Å². The fourth-order valence-electron chi connectivity index (χ4n) is 6.87. The first-order valence-electron chi connectivity index (χ1n) is 17.6. The lowest BCUT2D eigenvalue weighted by molar-refractivity contribution is -0.689. The lowest BCUT2D eigenvalue weighted by Gasteiger charge is -2.44. The minimum absolute atomic E-state index is 0.211. The molecule has 1 heterocycles. The standard InChI is InChI=1S/C24BF20.C17H14N2O2/c26-5-1(6(27)14(35)21(42)13(5)34)25(2-7(28)15(36)22(43)16(37)8(2)29,3-9(30)17(38)23(44)18(39)10(3)31)4-11(32)19(40)24(45)20(41)12(4)33;20-15-6-8-16(9-7-15)21-17-13-19(11-10-18-17)12-14-4-2-1-3-5-14/h;1-11,13H,12H2/q-1;/p+1. The van der Waals surface area contributed by atoms with Crippen LogP contribution in [0.2, 0.25) is 0 Å². The van der Waals surface area contributed by atoms with Crippen molar-refractivity contribution in [3.05, 3.63) is 195 Å². The Kier molecular flexibility index (Phi) is 13.3. The first kappa shape index (κ1) is 48.1. The van der Waals surface area contributed by atoms with Gasteiger partial charge in [0.2, 0.25) is 6.20 Å². The molecule has 344 valence electrons. The van der Waals surface area contributed by atoms with Gasteiger partial charge in [0.15, 0.2) is 82.5 Å². The predicted octanol–water partition coefficient (Wildman–Crippen LogP) is 8.76. The van der Waals surface area contributed by atoms with E-state index >= 15 is 35.1 Å². The number of halogens is 20. The summed E-state index contributed by atoms with van der Waals surface area (Å²) in [4.78, 5) is 4.19. The number of hydrogen-bond acceptors (Lipinski definition) is 3. The molecule has 0 spiro atoms. The van der Waals surface area contributed by atoms with Crippen molar-refractivity contribution < 1.29 is 102 Å². The van der Waals surface area contributed by atoms with E-state index in [1.165, 1.54) is 5.56 Å². The Bertz CT molecular complexity index is 2670. The maximum atomic E-state index is 15.4. The average Bonchev–Trinajstić information content (AvgIpc) is 3.30. The Morgan fingerprint density at radius 3 is 1.03 bits per heavy atom. The lowest BCUT2D eigenvalue weighted by atomic mass is 9.12. The Labute approximate surface area is 354 Å². The number of phenols is 1. The molecule has 25 heteroatoms. The summed E-state index contributed by atoms with van der Waals surface area (Å²) in [5, 5.41) is 9.26. The Balaban J connectivity index is 0.000000284. The molecule has 7 rings (SSSR count). The van der Waals surface area contributed by atoms with Crippen LogP contribution in [0, 0.1) is 116 Å². The first-order chi connectivity index (χ1) is 31.0. The highest BCUT2D eigenvalue weighted by atomic mass is 19.2. The SMILES string of the molecule is Fc1c(F)c(F)c([B-](c2c(F)c(F)c(F)c(F)c2F)(c2c(F)c(F)c(F)c(F)c2F)c2c(F)c(F)c(F)c(F)c2F)c(F)c1F.Oc1ccc(Oc2c[n+](Cc3ccccc3)ccn2)cc1. The maximum absolute atomic E-state index is 15.4. The number of hydrogen-bond donors (Lipinski definition) is 1. The average molecular weight is 958 g/mol. The third-order valence-corrected chi connectivity index (χ3v) is 9.71. The normalized spacial score (nSPS) is 11.5. The molecule has 0 atom stereocenters. The van der Waals surface area contributed by atoms with Gasteiger partial charge < -0.3 is 9.84 Å². The number of nitrogens with zero attached hydrogens (tertiary/aromatic N) is 2. The van der Waals surface area contributed by atoms with Gasteiger partial charge in [-0.25, -0.2) is 92.8 Å². The quantitative estimate of drug-likeness (QED) is 0.0546. The molecular formula is C41H15BF20N2O2. The monoisotopic (exact) mass is 958 g/mol. The van der Waals surface area contributed by atoms with Gasteiger partial charge in [-0.3, -0.25) is 0 Å². The molecule has 0 fully saturated rings. The Morgan fingerprint density at radius 2 is 0.712 bits per heavy atom. The van der Waals surface area contributed by atoms with E-state index in [2.05, 4.69) is 17.1 Å². The number of ether oxygens (including phenoxy) is 1. The van der Waals surface area contributed by atoms with E-state index in [0.29, 0.717) is 11.6 Å². The molecule has 0 saturated heterocycles. The molecule has 0 unspecified atom stereocenters. The minimum Gasteiger partial charge on any atom is -0.508 e. The van der Waals surface area contributed by atoms with E-state index in [9.17, 15) is 57.8 Å². The van der Waals surface area contributed by atoms with Crippen LogP contribution < -0.4 is 31.2 Å². The molecule has 0 bridgehead atoms. The second-order valence-electron chi connectivity index (χ2n) is 13.4. The molecule has 66 heavy (non-hydrogen) atoms. The zero-order chi connectivity index (χ0) is 48.8. The molecule has 0 aliphatic rings. The van der Waals surface area contributed by atoms with E-state index in [0.717, 1.165) is 6.54 Å². The summed E-state index contributed by atoms with van der Waals surface area (Å²) in [7, 11) is 0. The summed E-state index contributed by atoms with van der Waals surface area (Å²) < 4.78 is 302. The second-order valence-corrected chi connectivity index (χ2v) is 13.4. The Morgan fingerprint density at radius 1 is 0.409 bits per heavy atom. The second kappa shape index (κ2) is 18.3. The minimum atomic E-state index is -7.22. The molecule has 1 N–H and O–H groups in total. The smallest absolute Gasteiger partial charge is 0.285 e. The molecule has 0 radical (unpaired) electrons. The van der Waals surface area contributed by atoms with Crippen LogP contribution in [-0.2, 0) is 6.54 Å². The van der Waals surface area contributed by atoms with Crippen LogP contribution in [0.1, 0.15) is 5.56 Å². The van der Waals surface area contributed by atoms with Crippen molar-refractivity contribution in [2.75, 3.05) is 0 Å². The number of phenolic OH excluding ortho intramolecular Hbond substituents is 1. The number of benzene rings is 6. The van der Waals surface area contributed by atoms with Gasteiger partial charge in [0, 0.05) is 5.56 Å². The summed E-state index contributed by atoms with van der Waals surface area (Å²) in [6.45, 7) is 0.759. The van der Waals surface area contributed by atoms with Crippen molar-refractivity contribution in [3.8, 4) is 17.4 Å². The summed E-state index contributed by atoms with van der Waals surface area (Å²) in [6, 6.07) is 16.8. The van der Waals surface area contributed by atoms with Crippen LogP contribution in [0.15, 0.2) is 73.2 Å². The highest BCUT2D eigenvalue weighted by Gasteiger charge is 2.52. The molecule has 1 aromatic heterocycles. The van der Waals surface area contributed by atoms with E-state index in [4.69, 9.17) is 4.74 Å². The molecule has 0 saturated carbocycles. The zero-order valence-electron chi connectivity index (χ0n) is 31.5. The van der Waals surface area contributed by atoms with Gasteiger partial charge in [-0.1, -0.05) is 30.3 Å². The van der Waals surface area contributed by atoms with E-state index in [-0.39, 0.29) is 5.75 Å².